The Morgan fingerprint density at radius 1 is 1.04 bits per heavy atom. The highest BCUT2D eigenvalue weighted by molar-refractivity contribution is 5.94. The number of rotatable bonds is 6. The summed E-state index contributed by atoms with van der Waals surface area (Å²) in [5.41, 5.74) is 4.32. The van der Waals surface area contributed by atoms with Gasteiger partial charge in [-0.1, -0.05) is 32.0 Å². The van der Waals surface area contributed by atoms with Crippen molar-refractivity contribution in [3.05, 3.63) is 77.7 Å². The maximum Gasteiger partial charge on any atom is 0.254 e. The SMILES string of the molecule is Cc1ccc(-c2ccc(C(=O)N(Cc3cccnc3)CC(C)C)cc2)nn1. The largest absolute Gasteiger partial charge is 0.334 e. The summed E-state index contributed by atoms with van der Waals surface area (Å²) in [5.74, 6) is 0.404. The molecule has 0 spiro atoms. The molecule has 138 valence electrons. The van der Waals surface area contributed by atoms with Crippen molar-refractivity contribution < 1.29 is 4.79 Å². The zero-order valence-electron chi connectivity index (χ0n) is 16.0. The predicted molar refractivity (Wildman–Crippen MR) is 106 cm³/mol. The van der Waals surface area contributed by atoms with E-state index in [-0.39, 0.29) is 5.91 Å². The normalized spacial score (nSPS) is 10.8. The van der Waals surface area contributed by atoms with E-state index in [0.717, 1.165) is 22.5 Å². The van der Waals surface area contributed by atoms with Crippen LogP contribution < -0.4 is 0 Å². The topological polar surface area (TPSA) is 59.0 Å². The van der Waals surface area contributed by atoms with Gasteiger partial charge >= 0.3 is 0 Å². The molecule has 0 unspecified atom stereocenters. The van der Waals surface area contributed by atoms with Crippen LogP contribution in [0.4, 0.5) is 0 Å². The van der Waals surface area contributed by atoms with Gasteiger partial charge in [0.25, 0.3) is 5.91 Å². The molecule has 2 heterocycles. The molecule has 0 aliphatic rings. The molecule has 2 aromatic heterocycles. The van der Waals surface area contributed by atoms with Crippen molar-refractivity contribution >= 4 is 5.91 Å². The van der Waals surface area contributed by atoms with Crippen molar-refractivity contribution in [1.82, 2.24) is 20.1 Å². The van der Waals surface area contributed by atoms with E-state index in [1.165, 1.54) is 0 Å². The third-order valence-corrected chi connectivity index (χ3v) is 4.19. The maximum absolute atomic E-state index is 13.1. The summed E-state index contributed by atoms with van der Waals surface area (Å²) in [6.07, 6.45) is 3.55. The number of carbonyl (C=O) groups excluding carboxylic acids is 1. The minimum Gasteiger partial charge on any atom is -0.334 e. The highest BCUT2D eigenvalue weighted by atomic mass is 16.2. The van der Waals surface area contributed by atoms with E-state index in [1.807, 2.05) is 60.4 Å². The number of aryl methyl sites for hydroxylation is 1. The van der Waals surface area contributed by atoms with Gasteiger partial charge in [-0.2, -0.15) is 10.2 Å². The molecule has 5 heteroatoms. The summed E-state index contributed by atoms with van der Waals surface area (Å²) >= 11 is 0. The third kappa shape index (κ3) is 4.97. The molecular formula is C22H24N4O. The van der Waals surface area contributed by atoms with Crippen LogP contribution in [0.3, 0.4) is 0 Å². The van der Waals surface area contributed by atoms with Crippen LogP contribution in [0.1, 0.15) is 35.5 Å². The minimum atomic E-state index is 0.0223. The Morgan fingerprint density at radius 2 is 1.81 bits per heavy atom. The van der Waals surface area contributed by atoms with Gasteiger partial charge in [-0.25, -0.2) is 0 Å². The monoisotopic (exact) mass is 360 g/mol. The molecule has 3 rings (SSSR count). The molecule has 0 atom stereocenters. The Balaban J connectivity index is 1.79. The highest BCUT2D eigenvalue weighted by Gasteiger charge is 2.17. The van der Waals surface area contributed by atoms with Crippen LogP contribution >= 0.6 is 0 Å². The quantitative estimate of drug-likeness (QED) is 0.663. The zero-order chi connectivity index (χ0) is 19.2. The molecule has 0 aliphatic heterocycles. The van der Waals surface area contributed by atoms with Crippen molar-refractivity contribution in [2.45, 2.75) is 27.3 Å². The number of amides is 1. The average Bonchev–Trinajstić information content (AvgIpc) is 2.68. The highest BCUT2D eigenvalue weighted by Crippen LogP contribution is 2.19. The molecule has 27 heavy (non-hydrogen) atoms. The van der Waals surface area contributed by atoms with E-state index in [2.05, 4.69) is 29.0 Å². The lowest BCUT2D eigenvalue weighted by molar-refractivity contribution is 0.0722. The molecule has 1 aromatic carbocycles. The fourth-order valence-electron chi connectivity index (χ4n) is 2.89. The molecule has 0 fully saturated rings. The predicted octanol–water partition coefficient (Wildman–Crippen LogP) is 4.15. The first-order valence-corrected chi connectivity index (χ1v) is 9.12. The lowest BCUT2D eigenvalue weighted by Crippen LogP contribution is -2.33. The van der Waals surface area contributed by atoms with Gasteiger partial charge in [0.15, 0.2) is 0 Å². The van der Waals surface area contributed by atoms with Gasteiger partial charge in [0.2, 0.25) is 0 Å². The van der Waals surface area contributed by atoms with Crippen molar-refractivity contribution in [3.8, 4) is 11.3 Å². The summed E-state index contributed by atoms with van der Waals surface area (Å²) in [6, 6.07) is 15.3. The summed E-state index contributed by atoms with van der Waals surface area (Å²) in [6.45, 7) is 7.38. The van der Waals surface area contributed by atoms with Crippen LogP contribution in [0.2, 0.25) is 0 Å². The van der Waals surface area contributed by atoms with Crippen molar-refractivity contribution in [2.24, 2.45) is 5.92 Å². The van der Waals surface area contributed by atoms with E-state index in [4.69, 9.17) is 0 Å². The standard InChI is InChI=1S/C22H24N4O/c1-16(2)14-26(15-18-5-4-12-23-13-18)22(27)20-9-7-19(8-10-20)21-11-6-17(3)24-25-21/h4-13,16H,14-15H2,1-3H3. The number of pyridine rings is 1. The Kier molecular flexibility index (Phi) is 5.91. The molecule has 0 saturated heterocycles. The van der Waals surface area contributed by atoms with E-state index >= 15 is 0 Å². The number of hydrogen-bond acceptors (Lipinski definition) is 4. The molecule has 5 nitrogen and oxygen atoms in total. The van der Waals surface area contributed by atoms with Crippen molar-refractivity contribution in [2.75, 3.05) is 6.54 Å². The number of nitrogens with zero attached hydrogens (tertiary/aromatic N) is 4. The third-order valence-electron chi connectivity index (χ3n) is 4.19. The molecular weight excluding hydrogens is 336 g/mol. The summed E-state index contributed by atoms with van der Waals surface area (Å²) in [5, 5.41) is 8.29. The van der Waals surface area contributed by atoms with Crippen LogP contribution in [0.15, 0.2) is 60.9 Å². The molecule has 0 N–H and O–H groups in total. The fraction of sp³-hybridized carbons (Fsp3) is 0.273. The van der Waals surface area contributed by atoms with Crippen LogP contribution in [-0.4, -0.2) is 32.5 Å². The van der Waals surface area contributed by atoms with Crippen LogP contribution in [0, 0.1) is 12.8 Å². The van der Waals surface area contributed by atoms with Gasteiger partial charge in [0.1, 0.15) is 0 Å². The van der Waals surface area contributed by atoms with Gasteiger partial charge in [0.05, 0.1) is 11.4 Å². The second-order valence-corrected chi connectivity index (χ2v) is 7.08. The lowest BCUT2D eigenvalue weighted by Gasteiger charge is -2.25. The summed E-state index contributed by atoms with van der Waals surface area (Å²) in [7, 11) is 0. The van der Waals surface area contributed by atoms with Gasteiger partial charge in [-0.05, 0) is 48.7 Å². The maximum atomic E-state index is 13.1. The molecule has 0 aliphatic carbocycles. The molecule has 0 saturated carbocycles. The first-order chi connectivity index (χ1) is 13.0. The van der Waals surface area contributed by atoms with Crippen molar-refractivity contribution in [1.29, 1.82) is 0 Å². The average molecular weight is 360 g/mol. The lowest BCUT2D eigenvalue weighted by atomic mass is 10.1. The van der Waals surface area contributed by atoms with E-state index in [1.54, 1.807) is 12.4 Å². The van der Waals surface area contributed by atoms with E-state index in [9.17, 15) is 4.79 Å². The summed E-state index contributed by atoms with van der Waals surface area (Å²) < 4.78 is 0. The van der Waals surface area contributed by atoms with E-state index < -0.39 is 0 Å². The first kappa shape index (κ1) is 18.7. The van der Waals surface area contributed by atoms with Crippen molar-refractivity contribution in [3.63, 3.8) is 0 Å². The second kappa shape index (κ2) is 8.54. The van der Waals surface area contributed by atoms with E-state index in [0.29, 0.717) is 24.6 Å². The minimum absolute atomic E-state index is 0.0223. The Morgan fingerprint density at radius 3 is 2.41 bits per heavy atom. The van der Waals surface area contributed by atoms with Gasteiger partial charge < -0.3 is 4.90 Å². The van der Waals surface area contributed by atoms with Crippen LogP contribution in [-0.2, 0) is 6.54 Å². The first-order valence-electron chi connectivity index (χ1n) is 9.12. The Bertz CT molecular complexity index is 874. The van der Waals surface area contributed by atoms with Gasteiger partial charge in [-0.15, -0.1) is 0 Å². The summed E-state index contributed by atoms with van der Waals surface area (Å²) in [4.78, 5) is 19.1. The Hall–Kier alpha value is -3.08. The smallest absolute Gasteiger partial charge is 0.254 e. The van der Waals surface area contributed by atoms with Gasteiger partial charge in [0, 0.05) is 36.6 Å². The number of carbonyl (C=O) groups is 1. The number of benzene rings is 1. The number of hydrogen-bond donors (Lipinski definition) is 0. The molecule has 0 bridgehead atoms. The van der Waals surface area contributed by atoms with Crippen LogP contribution in [0.25, 0.3) is 11.3 Å². The fourth-order valence-corrected chi connectivity index (χ4v) is 2.89. The molecule has 0 radical (unpaired) electrons. The zero-order valence-corrected chi connectivity index (χ0v) is 16.0. The second-order valence-electron chi connectivity index (χ2n) is 7.08. The molecule has 1 amide bonds. The van der Waals surface area contributed by atoms with Crippen LogP contribution in [0.5, 0.6) is 0 Å². The number of aromatic nitrogens is 3. The van der Waals surface area contributed by atoms with Gasteiger partial charge in [-0.3, -0.25) is 9.78 Å². The Labute approximate surface area is 160 Å². The molecule has 3 aromatic rings.